The lowest BCUT2D eigenvalue weighted by molar-refractivity contribution is 0.102. The molecule has 4 nitrogen and oxygen atoms in total. The van der Waals surface area contributed by atoms with E-state index in [1.165, 1.54) is 11.3 Å². The Labute approximate surface area is 153 Å². The Morgan fingerprint density at radius 3 is 2.58 bits per heavy atom. The molecule has 130 valence electrons. The van der Waals surface area contributed by atoms with Crippen LogP contribution in [0.5, 0.6) is 0 Å². The summed E-state index contributed by atoms with van der Waals surface area (Å²) in [7, 11) is 0. The molecule has 0 saturated carbocycles. The summed E-state index contributed by atoms with van der Waals surface area (Å²) < 4.78 is 0. The Morgan fingerprint density at radius 1 is 1.08 bits per heavy atom. The van der Waals surface area contributed by atoms with Crippen LogP contribution in [0, 0.1) is 6.92 Å². The Balaban J connectivity index is 1.53. The van der Waals surface area contributed by atoms with Gasteiger partial charge in [-0.1, -0.05) is 35.9 Å². The number of carbonyl (C=O) groups is 1. The molecule has 1 N–H and O–H groups in total. The van der Waals surface area contributed by atoms with Crippen LogP contribution >= 0.6 is 0 Å². The Kier molecular flexibility index (Phi) is 4.17. The topological polar surface area (TPSA) is 45.2 Å². The lowest BCUT2D eigenvalue weighted by Gasteiger charge is -2.24. The van der Waals surface area contributed by atoms with Crippen molar-refractivity contribution in [2.75, 3.05) is 10.2 Å². The van der Waals surface area contributed by atoms with Gasteiger partial charge in [-0.25, -0.2) is 4.98 Å². The number of para-hydroxylation sites is 1. The largest absolute Gasteiger partial charge is 0.337 e. The van der Waals surface area contributed by atoms with Crippen molar-refractivity contribution in [3.8, 4) is 0 Å². The second-order valence-corrected chi connectivity index (χ2v) is 6.77. The van der Waals surface area contributed by atoms with Crippen molar-refractivity contribution in [1.82, 2.24) is 4.98 Å². The van der Waals surface area contributed by atoms with Crippen LogP contribution < -0.4 is 10.2 Å². The summed E-state index contributed by atoms with van der Waals surface area (Å²) in [4.78, 5) is 19.1. The average molecular weight is 343 g/mol. The van der Waals surface area contributed by atoms with Crippen molar-refractivity contribution in [3.63, 3.8) is 0 Å². The lowest BCUT2D eigenvalue weighted by atomic mass is 10.1. The fraction of sp³-hybridized carbons (Fsp3) is 0.182. The number of pyridine rings is 1. The average Bonchev–Trinajstić information content (AvgIpc) is 2.99. The third kappa shape index (κ3) is 3.06. The van der Waals surface area contributed by atoms with Crippen molar-refractivity contribution >= 4 is 23.0 Å². The van der Waals surface area contributed by atoms with E-state index in [0.29, 0.717) is 11.7 Å². The molecule has 0 aliphatic carbocycles. The van der Waals surface area contributed by atoms with E-state index in [1.54, 1.807) is 12.3 Å². The van der Waals surface area contributed by atoms with E-state index in [1.807, 2.05) is 37.3 Å². The summed E-state index contributed by atoms with van der Waals surface area (Å²) in [5.41, 5.74) is 5.92. The summed E-state index contributed by atoms with van der Waals surface area (Å²) in [6, 6.07) is 20.3. The number of amides is 1. The van der Waals surface area contributed by atoms with Gasteiger partial charge in [-0.2, -0.15) is 0 Å². The van der Waals surface area contributed by atoms with E-state index in [4.69, 9.17) is 0 Å². The maximum Gasteiger partial charge on any atom is 0.274 e. The maximum absolute atomic E-state index is 12.4. The second-order valence-electron chi connectivity index (χ2n) is 6.77. The standard InChI is InChI=1S/C22H21N3O/c1-15-7-9-18(10-8-15)24-22(26)20-12-11-19(14-23-20)25-16(2)13-17-5-3-4-6-21(17)25/h3-12,14,16H,13H2,1-2H3,(H,24,26). The summed E-state index contributed by atoms with van der Waals surface area (Å²) in [5.74, 6) is -0.199. The SMILES string of the molecule is Cc1ccc(NC(=O)c2ccc(N3c4ccccc4CC3C)cn2)cc1. The summed E-state index contributed by atoms with van der Waals surface area (Å²) in [5, 5.41) is 2.88. The predicted octanol–water partition coefficient (Wildman–Crippen LogP) is 4.73. The number of hydrogen-bond acceptors (Lipinski definition) is 3. The van der Waals surface area contributed by atoms with E-state index in [2.05, 4.69) is 46.4 Å². The zero-order valence-electron chi connectivity index (χ0n) is 14.9. The molecule has 2 heterocycles. The first kappa shape index (κ1) is 16.3. The van der Waals surface area contributed by atoms with Crippen molar-refractivity contribution in [3.05, 3.63) is 83.7 Å². The van der Waals surface area contributed by atoms with Crippen molar-refractivity contribution in [2.45, 2.75) is 26.3 Å². The van der Waals surface area contributed by atoms with Crippen LogP contribution in [0.3, 0.4) is 0 Å². The number of nitrogens with one attached hydrogen (secondary N) is 1. The minimum atomic E-state index is -0.199. The van der Waals surface area contributed by atoms with E-state index in [-0.39, 0.29) is 5.91 Å². The fourth-order valence-electron chi connectivity index (χ4n) is 3.45. The van der Waals surface area contributed by atoms with Gasteiger partial charge in [0.15, 0.2) is 0 Å². The number of aryl methyl sites for hydroxylation is 1. The Morgan fingerprint density at radius 2 is 1.85 bits per heavy atom. The molecule has 2 aromatic carbocycles. The summed E-state index contributed by atoms with van der Waals surface area (Å²) in [6.07, 6.45) is 2.80. The van der Waals surface area contributed by atoms with Gasteiger partial charge in [-0.3, -0.25) is 4.79 Å². The molecule has 3 aromatic rings. The molecule has 1 aliphatic rings. The van der Waals surface area contributed by atoms with Gasteiger partial charge in [0.1, 0.15) is 5.69 Å². The summed E-state index contributed by atoms with van der Waals surface area (Å²) >= 11 is 0. The van der Waals surface area contributed by atoms with E-state index in [0.717, 1.165) is 23.4 Å². The van der Waals surface area contributed by atoms with Crippen LogP contribution in [0.25, 0.3) is 0 Å². The zero-order valence-corrected chi connectivity index (χ0v) is 14.9. The smallest absolute Gasteiger partial charge is 0.274 e. The van der Waals surface area contributed by atoms with Crippen LogP contribution in [0.4, 0.5) is 17.1 Å². The van der Waals surface area contributed by atoms with Gasteiger partial charge < -0.3 is 10.2 Å². The molecule has 0 bridgehead atoms. The maximum atomic E-state index is 12.4. The fourth-order valence-corrected chi connectivity index (χ4v) is 3.45. The van der Waals surface area contributed by atoms with Crippen molar-refractivity contribution in [2.24, 2.45) is 0 Å². The van der Waals surface area contributed by atoms with Gasteiger partial charge in [-0.15, -0.1) is 0 Å². The van der Waals surface area contributed by atoms with Crippen molar-refractivity contribution < 1.29 is 4.79 Å². The van der Waals surface area contributed by atoms with Gasteiger partial charge >= 0.3 is 0 Å². The van der Waals surface area contributed by atoms with Crippen molar-refractivity contribution in [1.29, 1.82) is 0 Å². The zero-order chi connectivity index (χ0) is 18.1. The molecule has 1 amide bonds. The highest BCUT2D eigenvalue weighted by Crippen LogP contribution is 2.37. The molecule has 1 aromatic heterocycles. The first-order valence-electron chi connectivity index (χ1n) is 8.83. The number of carbonyl (C=O) groups excluding carboxylic acids is 1. The molecule has 0 saturated heterocycles. The molecule has 4 rings (SSSR count). The monoisotopic (exact) mass is 343 g/mol. The number of aromatic nitrogens is 1. The van der Waals surface area contributed by atoms with Gasteiger partial charge in [-0.05, 0) is 56.2 Å². The first-order chi connectivity index (χ1) is 12.6. The minimum absolute atomic E-state index is 0.199. The molecule has 1 atom stereocenters. The molecule has 0 radical (unpaired) electrons. The van der Waals surface area contributed by atoms with E-state index < -0.39 is 0 Å². The number of anilines is 3. The van der Waals surface area contributed by atoms with Crippen LogP contribution in [0.1, 0.15) is 28.5 Å². The van der Waals surface area contributed by atoms with Crippen LogP contribution in [-0.2, 0) is 6.42 Å². The quantitative estimate of drug-likeness (QED) is 0.748. The second kappa shape index (κ2) is 6.64. The first-order valence-corrected chi connectivity index (χ1v) is 8.83. The number of benzene rings is 2. The summed E-state index contributed by atoms with van der Waals surface area (Å²) in [6.45, 7) is 4.22. The van der Waals surface area contributed by atoms with Crippen LogP contribution in [0.15, 0.2) is 66.9 Å². The molecule has 0 spiro atoms. The third-order valence-corrected chi connectivity index (χ3v) is 4.78. The molecule has 1 unspecified atom stereocenters. The third-order valence-electron chi connectivity index (χ3n) is 4.78. The highest BCUT2D eigenvalue weighted by Gasteiger charge is 2.27. The predicted molar refractivity (Wildman–Crippen MR) is 105 cm³/mol. The molecule has 26 heavy (non-hydrogen) atoms. The molecular weight excluding hydrogens is 322 g/mol. The number of rotatable bonds is 3. The van der Waals surface area contributed by atoms with Gasteiger partial charge in [0, 0.05) is 17.4 Å². The number of nitrogens with zero attached hydrogens (tertiary/aromatic N) is 2. The number of fused-ring (bicyclic) bond motifs is 1. The van der Waals surface area contributed by atoms with Crippen LogP contribution in [0.2, 0.25) is 0 Å². The number of hydrogen-bond donors (Lipinski definition) is 1. The highest BCUT2D eigenvalue weighted by atomic mass is 16.1. The lowest BCUT2D eigenvalue weighted by Crippen LogP contribution is -2.24. The van der Waals surface area contributed by atoms with E-state index >= 15 is 0 Å². The minimum Gasteiger partial charge on any atom is -0.337 e. The van der Waals surface area contributed by atoms with Gasteiger partial charge in [0.2, 0.25) is 0 Å². The van der Waals surface area contributed by atoms with Crippen LogP contribution in [-0.4, -0.2) is 16.9 Å². The molecule has 4 heteroatoms. The van der Waals surface area contributed by atoms with E-state index in [9.17, 15) is 4.79 Å². The Bertz CT molecular complexity index is 932. The molecule has 0 fully saturated rings. The highest BCUT2D eigenvalue weighted by molar-refractivity contribution is 6.03. The van der Waals surface area contributed by atoms with Gasteiger partial charge in [0.25, 0.3) is 5.91 Å². The van der Waals surface area contributed by atoms with Gasteiger partial charge in [0.05, 0.1) is 11.9 Å². The Hall–Kier alpha value is -3.14. The molecular formula is C22H21N3O. The normalized spacial score (nSPS) is 15.6. The molecule has 1 aliphatic heterocycles.